The van der Waals surface area contributed by atoms with Gasteiger partial charge in [0.1, 0.15) is 41.5 Å². The van der Waals surface area contributed by atoms with Crippen LogP contribution in [-0.2, 0) is 47.0 Å². The van der Waals surface area contributed by atoms with E-state index in [9.17, 15) is 14.7 Å². The molecule has 20 heteroatoms. The first-order valence-corrected chi connectivity index (χ1v) is 32.0. The van der Waals surface area contributed by atoms with Gasteiger partial charge in [0.05, 0.1) is 92.0 Å². The Morgan fingerprint density at radius 2 is 1.09 bits per heavy atom. The summed E-state index contributed by atoms with van der Waals surface area (Å²) in [5.41, 5.74) is 9.06. The Morgan fingerprint density at radius 1 is 0.563 bits per heavy atom. The lowest BCUT2D eigenvalue weighted by Crippen LogP contribution is -2.35. The van der Waals surface area contributed by atoms with E-state index in [4.69, 9.17) is 53.1 Å². The molecule has 4 aromatic heterocycles. The van der Waals surface area contributed by atoms with Crippen LogP contribution >= 0.6 is 22.7 Å². The van der Waals surface area contributed by atoms with Crippen LogP contribution < -0.4 is 18.9 Å². The molecule has 1 unspecified atom stereocenters. The van der Waals surface area contributed by atoms with Gasteiger partial charge >= 0.3 is 11.9 Å². The Hall–Kier alpha value is -7.98. The van der Waals surface area contributed by atoms with Crippen molar-refractivity contribution in [2.24, 2.45) is 0 Å². The number of rotatable bonds is 16. The Kier molecular flexibility index (Phi) is 14.4. The first kappa shape index (κ1) is 54.4. The predicted molar refractivity (Wildman–Crippen MR) is 329 cm³/mol. The van der Waals surface area contributed by atoms with Crippen molar-refractivity contribution in [3.8, 4) is 23.0 Å². The van der Waals surface area contributed by atoms with E-state index >= 15 is 0 Å². The minimum Gasteiger partial charge on any atom is -0.485 e. The van der Waals surface area contributed by atoms with Gasteiger partial charge in [0.15, 0.2) is 35.2 Å². The van der Waals surface area contributed by atoms with Gasteiger partial charge in [-0.15, -0.1) is 22.7 Å². The second kappa shape index (κ2) is 22.9. The number of likely N-dealkylation sites (tertiary alicyclic amines) is 2. The molecule has 0 amide bonds. The van der Waals surface area contributed by atoms with Crippen LogP contribution in [0.15, 0.2) is 115 Å². The Morgan fingerprint density at radius 3 is 1.66 bits per heavy atom. The molecule has 4 fully saturated rings. The topological polar surface area (TPSA) is 187 Å². The Bertz CT molecular complexity index is 4230. The first-order valence-electron chi connectivity index (χ1n) is 30.4. The van der Waals surface area contributed by atoms with Crippen molar-refractivity contribution in [1.82, 2.24) is 38.9 Å². The molecule has 0 radical (unpaired) electrons. The van der Waals surface area contributed by atoms with Gasteiger partial charge in [0, 0.05) is 29.9 Å². The van der Waals surface area contributed by atoms with Crippen molar-refractivity contribution in [1.29, 1.82) is 0 Å². The Balaban J connectivity index is 0.566. The summed E-state index contributed by atoms with van der Waals surface area (Å²) in [6.07, 6.45) is 5.26. The molecule has 4 atom stereocenters. The summed E-state index contributed by atoms with van der Waals surface area (Å²) in [6, 6.07) is 37.4. The van der Waals surface area contributed by atoms with Gasteiger partial charge in [0.2, 0.25) is 0 Å². The molecule has 0 aliphatic carbocycles. The third-order valence-corrected chi connectivity index (χ3v) is 20.7. The zero-order chi connectivity index (χ0) is 58.1. The zero-order valence-electron chi connectivity index (χ0n) is 47.9. The maximum Gasteiger partial charge on any atom is 0.338 e. The highest BCUT2D eigenvalue weighted by Gasteiger charge is 2.35. The van der Waals surface area contributed by atoms with Gasteiger partial charge in [-0.05, 0) is 143 Å². The molecule has 6 aliphatic heterocycles. The van der Waals surface area contributed by atoms with Gasteiger partial charge in [0.25, 0.3) is 0 Å². The minimum absolute atomic E-state index is 0.0769. The molecule has 0 spiro atoms. The molecular weight excluding hydrogens is 1140 g/mol. The van der Waals surface area contributed by atoms with Gasteiger partial charge < -0.3 is 47.4 Å². The fourth-order valence-electron chi connectivity index (χ4n) is 13.4. The van der Waals surface area contributed by atoms with Crippen LogP contribution in [0.3, 0.4) is 0 Å². The highest BCUT2D eigenvalue weighted by molar-refractivity contribution is 7.19. The quantitative estimate of drug-likeness (QED) is 0.0899. The van der Waals surface area contributed by atoms with Crippen molar-refractivity contribution < 1.29 is 47.9 Å². The number of carboxylic acid groups (broad SMARTS) is 1. The lowest BCUT2D eigenvalue weighted by Gasteiger charge is -2.34. The number of nitrogens with zero attached hydrogens (tertiary/aromatic N) is 8. The van der Waals surface area contributed by atoms with Crippen LogP contribution in [-0.4, -0.2) is 121 Å². The molecule has 0 saturated carbocycles. The second-order valence-corrected chi connectivity index (χ2v) is 25.8. The summed E-state index contributed by atoms with van der Waals surface area (Å²) in [5.74, 6) is 4.25. The van der Waals surface area contributed by atoms with Gasteiger partial charge in [-0.3, -0.25) is 9.80 Å². The molecule has 18 nitrogen and oxygen atoms in total. The number of fused-ring (bicyclic) bond motifs is 6. The number of benzene rings is 6. The first-order chi connectivity index (χ1) is 42.7. The summed E-state index contributed by atoms with van der Waals surface area (Å²) in [7, 11) is 0. The fraction of sp³-hybridized carbons (Fsp3) is 0.373. The number of hydrogen-bond donors (Lipinski definition) is 1. The number of carboxylic acids is 1. The number of para-hydroxylation sites is 3. The largest absolute Gasteiger partial charge is 0.485 e. The maximum absolute atomic E-state index is 14.1. The van der Waals surface area contributed by atoms with Crippen molar-refractivity contribution in [3.05, 3.63) is 165 Å². The van der Waals surface area contributed by atoms with Crippen molar-refractivity contribution >= 4 is 77.1 Å². The number of carbonyl (C=O) groups is 2. The maximum atomic E-state index is 14.1. The Labute approximate surface area is 509 Å². The van der Waals surface area contributed by atoms with Crippen LogP contribution in [0.25, 0.3) is 42.5 Å². The van der Waals surface area contributed by atoms with Crippen LogP contribution in [0, 0.1) is 0 Å². The number of thiazole rings is 2. The third kappa shape index (κ3) is 10.6. The molecule has 1 N–H and O–H groups in total. The lowest BCUT2D eigenvalue weighted by molar-refractivity contribution is -0.0593. The number of esters is 1. The number of hydrogen-bond acceptors (Lipinski definition) is 17. The summed E-state index contributed by atoms with van der Waals surface area (Å²) < 4.78 is 50.8. The average Bonchev–Trinajstić information content (AvgIpc) is 4.09. The van der Waals surface area contributed by atoms with E-state index < -0.39 is 18.0 Å². The molecule has 16 rings (SSSR count). The molecular formula is C67H64N8O10S2. The number of carbonyl (C=O) groups excluding carboxylic acids is 1. The van der Waals surface area contributed by atoms with Crippen molar-refractivity contribution in [3.63, 3.8) is 0 Å². The fourth-order valence-corrected chi connectivity index (χ4v) is 15.4. The highest BCUT2D eigenvalue weighted by Crippen LogP contribution is 2.48. The van der Waals surface area contributed by atoms with E-state index in [-0.39, 0.29) is 36.4 Å². The van der Waals surface area contributed by atoms with E-state index in [1.165, 1.54) is 5.56 Å². The second-order valence-electron chi connectivity index (χ2n) is 23.8. The molecule has 6 aromatic carbocycles. The SMILES string of the molecule is O=C(O)c1ccc2nc(CN3CCC(c4cccc5c4OC(c4nc6cccc(COC(=O)c7ccc8nc(CN9CCC(c%10cccc%11c%10O[C@H](c%10nc%12ccccc%12s%10)CO%11)CC9)n(C[C@@H]9CCO9)c8c7)c6s4)CO5)CC3)n(C[C@@H]3CCO3)c2c1. The molecule has 6 aliphatic rings. The van der Waals surface area contributed by atoms with Gasteiger partial charge in [-0.2, -0.15) is 0 Å². The molecule has 444 valence electrons. The van der Waals surface area contributed by atoms with E-state index in [1.807, 2.05) is 72.8 Å². The number of aromatic carboxylic acids is 1. The standard InChI is InChI=1S/C67H64N8O10S2/c76-66(77)41-14-16-48-52(30-41)74(32-44-22-28-79-44)59(68-48)34-72-24-20-40(21-25-72)47-8-5-12-55-62(47)85-57(38-82-55)65-71-51-10-3-6-43(63(51)87-65)36-83-67(78)42-15-17-49-53(31-42)75(33-45-23-29-80-45)60(69-49)35-73-26-18-39(19-27-73)46-7-4-11-54-61(46)84-56(37-81-54)64-70-50-9-1-2-13-58(50)86-64/h1-17,30-31,39-40,44-45,56-57H,18-29,32-38H2,(H,76,77)/t44-,45-,56-,57?/m0/s1. The van der Waals surface area contributed by atoms with Crippen molar-refractivity contribution in [2.45, 2.75) is 108 Å². The minimum atomic E-state index is -0.951. The molecule has 87 heavy (non-hydrogen) atoms. The smallest absolute Gasteiger partial charge is 0.338 e. The van der Waals surface area contributed by atoms with Crippen molar-refractivity contribution in [2.75, 3.05) is 52.6 Å². The molecule has 10 heterocycles. The summed E-state index contributed by atoms with van der Waals surface area (Å²) >= 11 is 3.21. The summed E-state index contributed by atoms with van der Waals surface area (Å²) in [5, 5.41) is 11.5. The number of aromatic nitrogens is 6. The van der Waals surface area contributed by atoms with Crippen LogP contribution in [0.1, 0.15) is 122 Å². The third-order valence-electron chi connectivity index (χ3n) is 18.3. The van der Waals surface area contributed by atoms with E-state index in [2.05, 4.69) is 49.3 Å². The highest BCUT2D eigenvalue weighted by atomic mass is 32.1. The number of piperidine rings is 2. The summed E-state index contributed by atoms with van der Waals surface area (Å²) in [6.45, 7) is 8.50. The van der Waals surface area contributed by atoms with E-state index in [0.29, 0.717) is 50.9 Å². The van der Waals surface area contributed by atoms with Crippen LogP contribution in [0.2, 0.25) is 0 Å². The monoisotopic (exact) mass is 1200 g/mol. The predicted octanol–water partition coefficient (Wildman–Crippen LogP) is 12.0. The number of ether oxygens (including phenoxy) is 7. The molecule has 4 saturated heterocycles. The molecule has 10 aromatic rings. The van der Waals surface area contributed by atoms with Gasteiger partial charge in [-0.1, -0.05) is 48.5 Å². The lowest BCUT2D eigenvalue weighted by atomic mass is 9.88. The number of imidazole rings is 2. The molecule has 0 bridgehead atoms. The zero-order valence-corrected chi connectivity index (χ0v) is 49.5. The van der Waals surface area contributed by atoms with Gasteiger partial charge in [-0.25, -0.2) is 29.5 Å². The normalized spacial score (nSPS) is 20.9. The summed E-state index contributed by atoms with van der Waals surface area (Å²) in [4.78, 5) is 51.0. The van der Waals surface area contributed by atoms with E-state index in [0.717, 1.165) is 176 Å². The van der Waals surface area contributed by atoms with Crippen LogP contribution in [0.4, 0.5) is 0 Å². The van der Waals surface area contributed by atoms with E-state index in [1.54, 1.807) is 34.8 Å². The van der Waals surface area contributed by atoms with Crippen LogP contribution in [0.5, 0.6) is 23.0 Å². The average molecular weight is 1210 g/mol.